The molecule has 1 aliphatic rings. The lowest BCUT2D eigenvalue weighted by Crippen LogP contribution is -2.26. The minimum atomic E-state index is -1.04. The number of aliphatic hydroxyl groups excluding tert-OH is 1. The van der Waals surface area contributed by atoms with Crippen LogP contribution in [0.15, 0.2) is 11.0 Å². The molecule has 1 aliphatic heterocycles. The lowest BCUT2D eigenvalue weighted by atomic mass is 10.1. The van der Waals surface area contributed by atoms with E-state index in [1.54, 1.807) is 32.8 Å². The van der Waals surface area contributed by atoms with Gasteiger partial charge in [0.25, 0.3) is 5.56 Å². The molecular formula is C14H19N5O4. The van der Waals surface area contributed by atoms with Crippen molar-refractivity contribution in [3.8, 4) is 0 Å². The highest BCUT2D eigenvalue weighted by Crippen LogP contribution is 2.29. The summed E-state index contributed by atoms with van der Waals surface area (Å²) in [6, 6.07) is 0. The number of hydrogen-bond acceptors (Lipinski definition) is 8. The molecule has 0 bridgehead atoms. The molecule has 0 saturated carbocycles. The summed E-state index contributed by atoms with van der Waals surface area (Å²) in [7, 11) is 3.52. The Morgan fingerprint density at radius 1 is 1.43 bits per heavy atom. The van der Waals surface area contributed by atoms with Gasteiger partial charge in [-0.1, -0.05) is 0 Å². The van der Waals surface area contributed by atoms with Crippen LogP contribution in [0, 0.1) is 0 Å². The summed E-state index contributed by atoms with van der Waals surface area (Å²) in [4.78, 5) is 29.0. The van der Waals surface area contributed by atoms with Crippen molar-refractivity contribution in [1.29, 1.82) is 0 Å². The molecule has 1 fully saturated rings. The van der Waals surface area contributed by atoms with E-state index in [4.69, 9.17) is 9.47 Å². The van der Waals surface area contributed by atoms with Crippen molar-refractivity contribution < 1.29 is 14.6 Å². The number of H-pyrrole nitrogens is 1. The van der Waals surface area contributed by atoms with E-state index in [-0.39, 0.29) is 23.5 Å². The van der Waals surface area contributed by atoms with Gasteiger partial charge < -0.3 is 19.5 Å². The van der Waals surface area contributed by atoms with Gasteiger partial charge in [-0.25, -0.2) is 9.97 Å². The fourth-order valence-electron chi connectivity index (χ4n) is 2.34. The lowest BCUT2D eigenvalue weighted by molar-refractivity contribution is -0.151. The molecule has 0 aromatic carbocycles. The SMILES string of the molecule is CN(C)c1nc2ncc([C@@H](O)[C@@H]3COC(C)(C)O3)nc2c(=O)[nH]1. The zero-order valence-electron chi connectivity index (χ0n) is 13.4. The van der Waals surface area contributed by atoms with Crippen LogP contribution in [-0.4, -0.2) is 57.6 Å². The number of aromatic nitrogens is 4. The third-order valence-corrected chi connectivity index (χ3v) is 3.53. The Morgan fingerprint density at radius 3 is 2.78 bits per heavy atom. The molecule has 2 aromatic heterocycles. The fourth-order valence-corrected chi connectivity index (χ4v) is 2.34. The second-order valence-electron chi connectivity index (χ2n) is 6.06. The van der Waals surface area contributed by atoms with Gasteiger partial charge in [-0.05, 0) is 13.8 Å². The second kappa shape index (κ2) is 5.52. The number of anilines is 1. The highest BCUT2D eigenvalue weighted by Gasteiger charge is 2.38. The van der Waals surface area contributed by atoms with Crippen molar-refractivity contribution >= 4 is 17.1 Å². The quantitative estimate of drug-likeness (QED) is 0.810. The Bertz CT molecular complexity index is 788. The third kappa shape index (κ3) is 3.03. The molecule has 2 atom stereocenters. The van der Waals surface area contributed by atoms with E-state index in [2.05, 4.69) is 19.9 Å². The first-order valence-electron chi connectivity index (χ1n) is 7.21. The maximum atomic E-state index is 12.1. The molecule has 9 heteroatoms. The molecule has 0 unspecified atom stereocenters. The van der Waals surface area contributed by atoms with Crippen LogP contribution in [0.2, 0.25) is 0 Å². The van der Waals surface area contributed by atoms with E-state index in [0.717, 1.165) is 0 Å². The van der Waals surface area contributed by atoms with Crippen molar-refractivity contribution in [2.75, 3.05) is 25.6 Å². The van der Waals surface area contributed by atoms with Crippen LogP contribution in [0.1, 0.15) is 25.6 Å². The summed E-state index contributed by atoms with van der Waals surface area (Å²) in [5.41, 5.74) is 0.125. The van der Waals surface area contributed by atoms with E-state index in [0.29, 0.717) is 5.95 Å². The van der Waals surface area contributed by atoms with Crippen LogP contribution in [-0.2, 0) is 9.47 Å². The maximum absolute atomic E-state index is 12.1. The fraction of sp³-hybridized carbons (Fsp3) is 0.571. The monoisotopic (exact) mass is 321 g/mol. The molecule has 0 spiro atoms. The number of ether oxygens (including phenoxy) is 2. The van der Waals surface area contributed by atoms with Gasteiger partial charge in [0.15, 0.2) is 17.0 Å². The van der Waals surface area contributed by atoms with Crippen molar-refractivity contribution in [2.24, 2.45) is 0 Å². The summed E-state index contributed by atoms with van der Waals surface area (Å²) >= 11 is 0. The number of nitrogens with zero attached hydrogens (tertiary/aromatic N) is 4. The summed E-state index contributed by atoms with van der Waals surface area (Å²) in [5.74, 6) is -0.366. The first-order chi connectivity index (χ1) is 10.8. The van der Waals surface area contributed by atoms with E-state index >= 15 is 0 Å². The van der Waals surface area contributed by atoms with E-state index in [1.807, 2.05) is 0 Å². The normalized spacial score (nSPS) is 21.5. The molecular weight excluding hydrogens is 302 g/mol. The smallest absolute Gasteiger partial charge is 0.280 e. The minimum absolute atomic E-state index is 0.0744. The number of aromatic amines is 1. The number of nitrogens with one attached hydrogen (secondary N) is 1. The van der Waals surface area contributed by atoms with Crippen LogP contribution >= 0.6 is 0 Å². The van der Waals surface area contributed by atoms with Crippen LogP contribution in [0.5, 0.6) is 0 Å². The molecule has 0 radical (unpaired) electrons. The zero-order valence-corrected chi connectivity index (χ0v) is 13.4. The number of hydrogen-bond donors (Lipinski definition) is 2. The van der Waals surface area contributed by atoms with Gasteiger partial charge >= 0.3 is 0 Å². The van der Waals surface area contributed by atoms with Crippen molar-refractivity contribution in [1.82, 2.24) is 19.9 Å². The molecule has 3 rings (SSSR count). The minimum Gasteiger partial charge on any atom is -0.384 e. The zero-order chi connectivity index (χ0) is 16.8. The Morgan fingerprint density at radius 2 is 2.17 bits per heavy atom. The summed E-state index contributed by atoms with van der Waals surface area (Å²) < 4.78 is 11.0. The molecule has 1 saturated heterocycles. The molecule has 3 heterocycles. The summed E-state index contributed by atoms with van der Waals surface area (Å²) in [6.07, 6.45) is -0.209. The summed E-state index contributed by atoms with van der Waals surface area (Å²) in [6.45, 7) is 3.77. The van der Waals surface area contributed by atoms with Crippen molar-refractivity contribution in [2.45, 2.75) is 31.8 Å². The summed E-state index contributed by atoms with van der Waals surface area (Å²) in [5, 5.41) is 10.4. The van der Waals surface area contributed by atoms with Crippen LogP contribution in [0.4, 0.5) is 5.95 Å². The van der Waals surface area contributed by atoms with E-state index in [1.165, 1.54) is 6.20 Å². The Hall–Kier alpha value is -2.10. The van der Waals surface area contributed by atoms with Gasteiger partial charge in [-0.2, -0.15) is 4.98 Å². The van der Waals surface area contributed by atoms with E-state index < -0.39 is 23.6 Å². The maximum Gasteiger partial charge on any atom is 0.280 e. The average molecular weight is 321 g/mol. The van der Waals surface area contributed by atoms with Gasteiger partial charge in [0, 0.05) is 14.1 Å². The van der Waals surface area contributed by atoms with Gasteiger partial charge in [-0.3, -0.25) is 9.78 Å². The van der Waals surface area contributed by atoms with Crippen LogP contribution in [0.3, 0.4) is 0 Å². The Labute approximate surface area is 132 Å². The van der Waals surface area contributed by atoms with E-state index in [9.17, 15) is 9.90 Å². The largest absolute Gasteiger partial charge is 0.384 e. The van der Waals surface area contributed by atoms with Crippen LogP contribution in [0.25, 0.3) is 11.2 Å². The lowest BCUT2D eigenvalue weighted by Gasteiger charge is -2.20. The first kappa shape index (κ1) is 15.8. The second-order valence-corrected chi connectivity index (χ2v) is 6.06. The Balaban J connectivity index is 1.96. The van der Waals surface area contributed by atoms with Gasteiger partial charge in [0.2, 0.25) is 5.95 Å². The third-order valence-electron chi connectivity index (χ3n) is 3.53. The predicted octanol–water partition coefficient (Wildman–Crippen LogP) is -0.0360. The molecule has 9 nitrogen and oxygen atoms in total. The Kier molecular flexibility index (Phi) is 3.78. The van der Waals surface area contributed by atoms with Crippen molar-refractivity contribution in [3.63, 3.8) is 0 Å². The predicted molar refractivity (Wildman–Crippen MR) is 82.1 cm³/mol. The standard InChI is InChI=1S/C14H19N5O4/c1-14(2)22-6-8(23-14)10(20)7-5-15-11-9(16-7)12(21)18-13(17-11)19(3)4/h5,8,10,20H,6H2,1-4H3,(H,15,17,18,21)/t8-,10+/m0/s1. The topological polar surface area (TPSA) is 113 Å². The molecule has 2 aromatic rings. The van der Waals surface area contributed by atoms with Crippen LogP contribution < -0.4 is 10.5 Å². The molecule has 124 valence electrons. The molecule has 23 heavy (non-hydrogen) atoms. The highest BCUT2D eigenvalue weighted by molar-refractivity contribution is 5.69. The number of aliphatic hydroxyl groups is 1. The molecule has 2 N–H and O–H groups in total. The molecule has 0 amide bonds. The number of fused-ring (bicyclic) bond motifs is 1. The average Bonchev–Trinajstić information content (AvgIpc) is 2.86. The molecule has 0 aliphatic carbocycles. The number of rotatable bonds is 3. The van der Waals surface area contributed by atoms with Gasteiger partial charge in [-0.15, -0.1) is 0 Å². The highest BCUT2D eigenvalue weighted by atomic mass is 16.7. The van der Waals surface area contributed by atoms with Gasteiger partial charge in [0.05, 0.1) is 18.5 Å². The van der Waals surface area contributed by atoms with Gasteiger partial charge in [0.1, 0.15) is 12.2 Å². The van der Waals surface area contributed by atoms with Crippen molar-refractivity contribution in [3.05, 3.63) is 22.2 Å². The first-order valence-corrected chi connectivity index (χ1v) is 7.21.